The van der Waals surface area contributed by atoms with Gasteiger partial charge >= 0.3 is 0 Å². The first-order valence-corrected chi connectivity index (χ1v) is 9.18. The number of unbranched alkanes of at least 4 members (excludes halogenated alkanes) is 2. The van der Waals surface area contributed by atoms with Gasteiger partial charge in [-0.05, 0) is 37.9 Å². The number of nitrogens with one attached hydrogen (secondary N) is 1. The van der Waals surface area contributed by atoms with Gasteiger partial charge < -0.3 is 16.0 Å². The zero-order chi connectivity index (χ0) is 18.4. The third kappa shape index (κ3) is 4.35. The Hall–Kier alpha value is -2.54. The number of aromatic nitrogens is 3. The van der Waals surface area contributed by atoms with E-state index in [0.29, 0.717) is 18.9 Å². The van der Waals surface area contributed by atoms with Crippen molar-refractivity contribution < 1.29 is 4.79 Å². The van der Waals surface area contributed by atoms with Crippen LogP contribution in [0.25, 0.3) is 11.4 Å². The smallest absolute Gasteiger partial charge is 0.219 e. The first-order chi connectivity index (χ1) is 12.7. The fourth-order valence-corrected chi connectivity index (χ4v) is 3.12. The summed E-state index contributed by atoms with van der Waals surface area (Å²) in [7, 11) is 0. The summed E-state index contributed by atoms with van der Waals surface area (Å²) in [5, 5.41) is 3.47. The van der Waals surface area contributed by atoms with Crippen LogP contribution in [0.2, 0.25) is 0 Å². The molecule has 0 spiro atoms. The van der Waals surface area contributed by atoms with Crippen LogP contribution in [0.4, 0.5) is 5.82 Å². The van der Waals surface area contributed by atoms with Crippen LogP contribution in [0.5, 0.6) is 0 Å². The normalized spacial score (nSPS) is 13.4. The van der Waals surface area contributed by atoms with E-state index in [4.69, 9.17) is 15.7 Å². The number of hydrogen-bond donors (Lipinski definition) is 2. The summed E-state index contributed by atoms with van der Waals surface area (Å²) in [4.78, 5) is 27.2. The number of carbonyl (C=O) groups is 1. The Morgan fingerprint density at radius 3 is 2.92 bits per heavy atom. The number of amides is 1. The van der Waals surface area contributed by atoms with Gasteiger partial charge in [0, 0.05) is 43.5 Å². The van der Waals surface area contributed by atoms with Crippen LogP contribution in [0, 0.1) is 0 Å². The van der Waals surface area contributed by atoms with E-state index in [1.807, 2.05) is 17.0 Å². The lowest BCUT2D eigenvalue weighted by Crippen LogP contribution is -2.35. The molecule has 1 aliphatic heterocycles. The number of pyridine rings is 1. The number of anilines is 1. The molecule has 0 atom stereocenters. The van der Waals surface area contributed by atoms with Gasteiger partial charge in [0.25, 0.3) is 0 Å². The highest BCUT2D eigenvalue weighted by molar-refractivity contribution is 5.74. The monoisotopic (exact) mass is 354 g/mol. The number of nitrogens with zero attached hydrogens (tertiary/aromatic N) is 4. The maximum absolute atomic E-state index is 11.8. The van der Waals surface area contributed by atoms with Gasteiger partial charge in [0.05, 0.1) is 12.2 Å². The Labute approximate surface area is 154 Å². The Kier molecular flexibility index (Phi) is 6.12. The molecule has 1 aliphatic rings. The van der Waals surface area contributed by atoms with Crippen LogP contribution in [0.3, 0.4) is 0 Å². The van der Waals surface area contributed by atoms with Crippen molar-refractivity contribution in [1.29, 1.82) is 0 Å². The maximum Gasteiger partial charge on any atom is 0.219 e. The molecule has 0 bridgehead atoms. The standard InChI is InChI=1S/C19H26N6O/c1-14(26)25-11-7-16-17(13-25)23-18(15-6-5-9-21-12-15)24-19(16)22-10-4-2-3-8-20/h5-6,9,12H,2-4,7-8,10-11,13,20H2,1H3,(H,22,23,24). The summed E-state index contributed by atoms with van der Waals surface area (Å²) < 4.78 is 0. The van der Waals surface area contributed by atoms with E-state index < -0.39 is 0 Å². The molecule has 0 saturated carbocycles. The molecule has 138 valence electrons. The average molecular weight is 354 g/mol. The van der Waals surface area contributed by atoms with Gasteiger partial charge in [-0.3, -0.25) is 9.78 Å². The van der Waals surface area contributed by atoms with Crippen molar-refractivity contribution in [3.63, 3.8) is 0 Å². The fourth-order valence-electron chi connectivity index (χ4n) is 3.12. The highest BCUT2D eigenvalue weighted by Crippen LogP contribution is 2.27. The molecular formula is C19H26N6O. The van der Waals surface area contributed by atoms with Crippen LogP contribution in [0.15, 0.2) is 24.5 Å². The molecule has 0 aliphatic carbocycles. The summed E-state index contributed by atoms with van der Waals surface area (Å²) in [5.41, 5.74) is 8.47. The van der Waals surface area contributed by atoms with Gasteiger partial charge in [-0.2, -0.15) is 0 Å². The Morgan fingerprint density at radius 1 is 1.31 bits per heavy atom. The second-order valence-corrected chi connectivity index (χ2v) is 6.53. The third-order valence-corrected chi connectivity index (χ3v) is 4.60. The van der Waals surface area contributed by atoms with E-state index in [1.54, 1.807) is 19.3 Å². The minimum Gasteiger partial charge on any atom is -0.370 e. The van der Waals surface area contributed by atoms with Crippen molar-refractivity contribution in [1.82, 2.24) is 19.9 Å². The van der Waals surface area contributed by atoms with Crippen molar-refractivity contribution in [3.8, 4) is 11.4 Å². The molecule has 0 fully saturated rings. The van der Waals surface area contributed by atoms with Crippen LogP contribution in [-0.4, -0.2) is 45.4 Å². The molecule has 3 heterocycles. The second kappa shape index (κ2) is 8.71. The van der Waals surface area contributed by atoms with Crippen molar-refractivity contribution in [3.05, 3.63) is 35.8 Å². The molecule has 2 aromatic heterocycles. The van der Waals surface area contributed by atoms with Gasteiger partial charge in [0.15, 0.2) is 5.82 Å². The number of carbonyl (C=O) groups excluding carboxylic acids is 1. The molecule has 0 unspecified atom stereocenters. The van der Waals surface area contributed by atoms with Gasteiger partial charge in [-0.25, -0.2) is 9.97 Å². The van der Waals surface area contributed by atoms with E-state index in [-0.39, 0.29) is 5.91 Å². The minimum absolute atomic E-state index is 0.0773. The minimum atomic E-state index is 0.0773. The van der Waals surface area contributed by atoms with E-state index in [0.717, 1.165) is 61.4 Å². The summed E-state index contributed by atoms with van der Waals surface area (Å²) >= 11 is 0. The van der Waals surface area contributed by atoms with E-state index in [9.17, 15) is 4.79 Å². The molecule has 3 N–H and O–H groups in total. The van der Waals surface area contributed by atoms with Crippen LogP contribution < -0.4 is 11.1 Å². The maximum atomic E-state index is 11.8. The summed E-state index contributed by atoms with van der Waals surface area (Å²) in [6, 6.07) is 3.82. The lowest BCUT2D eigenvalue weighted by atomic mass is 10.0. The van der Waals surface area contributed by atoms with Crippen molar-refractivity contribution in [2.45, 2.75) is 39.2 Å². The van der Waals surface area contributed by atoms with E-state index >= 15 is 0 Å². The van der Waals surface area contributed by atoms with Gasteiger partial charge in [0.1, 0.15) is 5.82 Å². The molecule has 2 aromatic rings. The Bertz CT molecular complexity index is 749. The first-order valence-electron chi connectivity index (χ1n) is 9.18. The zero-order valence-corrected chi connectivity index (χ0v) is 15.2. The topological polar surface area (TPSA) is 97.0 Å². The van der Waals surface area contributed by atoms with Crippen molar-refractivity contribution in [2.75, 3.05) is 25.0 Å². The van der Waals surface area contributed by atoms with Gasteiger partial charge in [-0.1, -0.05) is 6.42 Å². The molecule has 26 heavy (non-hydrogen) atoms. The van der Waals surface area contributed by atoms with Crippen LogP contribution >= 0.6 is 0 Å². The molecule has 7 heteroatoms. The third-order valence-electron chi connectivity index (χ3n) is 4.60. The summed E-state index contributed by atoms with van der Waals surface area (Å²) in [6.07, 6.45) is 7.46. The van der Waals surface area contributed by atoms with Crippen LogP contribution in [-0.2, 0) is 17.8 Å². The Balaban J connectivity index is 1.86. The van der Waals surface area contributed by atoms with E-state index in [1.165, 1.54) is 0 Å². The predicted octanol–water partition coefficient (Wildman–Crippen LogP) is 1.98. The summed E-state index contributed by atoms with van der Waals surface area (Å²) in [6.45, 7) is 4.42. The number of fused-ring (bicyclic) bond motifs is 1. The number of hydrogen-bond acceptors (Lipinski definition) is 6. The zero-order valence-electron chi connectivity index (χ0n) is 15.2. The molecule has 1 amide bonds. The lowest BCUT2D eigenvalue weighted by Gasteiger charge is -2.28. The number of rotatable bonds is 7. The SMILES string of the molecule is CC(=O)N1CCc2c(nc(-c3cccnc3)nc2NCCCCCN)C1. The fraction of sp³-hybridized carbons (Fsp3) is 0.474. The summed E-state index contributed by atoms with van der Waals surface area (Å²) in [5.74, 6) is 1.60. The van der Waals surface area contributed by atoms with Crippen molar-refractivity contribution >= 4 is 11.7 Å². The largest absolute Gasteiger partial charge is 0.370 e. The Morgan fingerprint density at radius 2 is 2.19 bits per heavy atom. The molecule has 0 radical (unpaired) electrons. The molecule has 7 nitrogen and oxygen atoms in total. The van der Waals surface area contributed by atoms with Gasteiger partial charge in [-0.15, -0.1) is 0 Å². The first kappa shape index (κ1) is 18.3. The molecule has 3 rings (SSSR count). The lowest BCUT2D eigenvalue weighted by molar-refractivity contribution is -0.129. The molecule has 0 aromatic carbocycles. The highest BCUT2D eigenvalue weighted by Gasteiger charge is 2.24. The van der Waals surface area contributed by atoms with E-state index in [2.05, 4.69) is 10.3 Å². The number of nitrogens with two attached hydrogens (primary N) is 1. The predicted molar refractivity (Wildman–Crippen MR) is 101 cm³/mol. The second-order valence-electron chi connectivity index (χ2n) is 6.53. The van der Waals surface area contributed by atoms with Crippen LogP contribution in [0.1, 0.15) is 37.4 Å². The highest BCUT2D eigenvalue weighted by atomic mass is 16.2. The average Bonchev–Trinajstić information content (AvgIpc) is 2.67. The quantitative estimate of drug-likeness (QED) is 0.738. The van der Waals surface area contributed by atoms with Gasteiger partial charge in [0.2, 0.25) is 5.91 Å². The molecular weight excluding hydrogens is 328 g/mol. The molecule has 0 saturated heterocycles. The van der Waals surface area contributed by atoms with Crippen molar-refractivity contribution in [2.24, 2.45) is 5.73 Å².